The summed E-state index contributed by atoms with van der Waals surface area (Å²) in [5, 5.41) is 3.50. The molecule has 1 N–H and O–H groups in total. The van der Waals surface area contributed by atoms with E-state index in [1.165, 1.54) is 0 Å². The molecule has 0 bridgehead atoms. The number of carbonyl (C=O) groups is 1. The number of urea groups is 1. The van der Waals surface area contributed by atoms with Gasteiger partial charge in [0.1, 0.15) is 11.6 Å². The van der Waals surface area contributed by atoms with Crippen LogP contribution in [0.1, 0.15) is 37.7 Å². The fourth-order valence-electron chi connectivity index (χ4n) is 4.44. The van der Waals surface area contributed by atoms with Crippen LogP contribution in [0.2, 0.25) is 0 Å². The Morgan fingerprint density at radius 2 is 1.74 bits per heavy atom. The first-order valence-corrected chi connectivity index (χ1v) is 12.8. The highest BCUT2D eigenvalue weighted by atomic mass is 16.5. The first-order chi connectivity index (χ1) is 18.5. The summed E-state index contributed by atoms with van der Waals surface area (Å²) in [5.74, 6) is 1.20. The van der Waals surface area contributed by atoms with Crippen LogP contribution in [0.4, 0.5) is 10.5 Å². The molecule has 0 fully saturated rings. The third-order valence-corrected chi connectivity index (χ3v) is 6.37. The number of hydrogen-bond acceptors (Lipinski definition) is 5. The predicted molar refractivity (Wildman–Crippen MR) is 150 cm³/mol. The molecule has 0 radical (unpaired) electrons. The summed E-state index contributed by atoms with van der Waals surface area (Å²) in [6.45, 7) is 7.09. The van der Waals surface area contributed by atoms with Crippen LogP contribution in [0.3, 0.4) is 0 Å². The molecule has 1 unspecified atom stereocenters. The molecular formula is C30H34N4O4. The minimum atomic E-state index is -0.500. The van der Waals surface area contributed by atoms with Crippen molar-refractivity contribution >= 4 is 22.6 Å². The van der Waals surface area contributed by atoms with Gasteiger partial charge in [-0.25, -0.2) is 9.78 Å². The van der Waals surface area contributed by atoms with Crippen LogP contribution in [0.5, 0.6) is 5.75 Å². The summed E-state index contributed by atoms with van der Waals surface area (Å²) in [5.41, 5.74) is 2.83. The second kappa shape index (κ2) is 12.4. The number of carbonyl (C=O) groups excluding carboxylic acids is 1. The van der Waals surface area contributed by atoms with Gasteiger partial charge in [0.25, 0.3) is 5.56 Å². The van der Waals surface area contributed by atoms with Gasteiger partial charge in [0.05, 0.1) is 35.8 Å². The number of nitrogens with one attached hydrogen (secondary N) is 1. The van der Waals surface area contributed by atoms with Crippen LogP contribution in [-0.2, 0) is 4.74 Å². The highest BCUT2D eigenvalue weighted by molar-refractivity contribution is 5.89. The largest absolute Gasteiger partial charge is 0.494 e. The third-order valence-electron chi connectivity index (χ3n) is 6.37. The topological polar surface area (TPSA) is 85.7 Å². The Kier molecular flexibility index (Phi) is 8.76. The molecule has 198 valence electrons. The Morgan fingerprint density at radius 1 is 1.03 bits per heavy atom. The molecular weight excluding hydrogens is 480 g/mol. The van der Waals surface area contributed by atoms with E-state index < -0.39 is 6.04 Å². The van der Waals surface area contributed by atoms with Crippen LogP contribution in [0.25, 0.3) is 16.6 Å². The fourth-order valence-corrected chi connectivity index (χ4v) is 4.44. The van der Waals surface area contributed by atoms with Crippen molar-refractivity contribution in [1.29, 1.82) is 0 Å². The molecule has 0 spiro atoms. The summed E-state index contributed by atoms with van der Waals surface area (Å²) in [6, 6.07) is 21.4. The Morgan fingerprint density at radius 3 is 2.39 bits per heavy atom. The van der Waals surface area contributed by atoms with Crippen molar-refractivity contribution in [3.63, 3.8) is 0 Å². The average molecular weight is 515 g/mol. The monoisotopic (exact) mass is 514 g/mol. The predicted octanol–water partition coefficient (Wildman–Crippen LogP) is 5.72. The van der Waals surface area contributed by atoms with E-state index in [2.05, 4.69) is 5.32 Å². The second-order valence-electron chi connectivity index (χ2n) is 8.96. The fraction of sp³-hybridized carbons (Fsp3) is 0.300. The Hall–Kier alpha value is -4.17. The number of fused-ring (bicyclic) bond motifs is 1. The summed E-state index contributed by atoms with van der Waals surface area (Å²) in [6.07, 6.45) is 0.535. The molecule has 0 saturated heterocycles. The van der Waals surface area contributed by atoms with E-state index in [0.29, 0.717) is 60.0 Å². The molecule has 8 nitrogen and oxygen atoms in total. The molecule has 2 amide bonds. The third kappa shape index (κ3) is 5.86. The lowest BCUT2D eigenvalue weighted by Crippen LogP contribution is -2.42. The average Bonchev–Trinajstić information content (AvgIpc) is 2.93. The van der Waals surface area contributed by atoms with Gasteiger partial charge in [-0.15, -0.1) is 0 Å². The quantitative estimate of drug-likeness (QED) is 0.292. The van der Waals surface area contributed by atoms with Crippen molar-refractivity contribution in [2.75, 3.05) is 32.2 Å². The number of nitrogens with zero attached hydrogens (tertiary/aromatic N) is 3. The highest BCUT2D eigenvalue weighted by Crippen LogP contribution is 2.27. The normalized spacial score (nSPS) is 11.8. The minimum Gasteiger partial charge on any atom is -0.494 e. The maximum Gasteiger partial charge on any atom is 0.322 e. The summed E-state index contributed by atoms with van der Waals surface area (Å²) in [7, 11) is 1.60. The van der Waals surface area contributed by atoms with Crippen molar-refractivity contribution in [1.82, 2.24) is 14.5 Å². The zero-order valence-electron chi connectivity index (χ0n) is 22.3. The summed E-state index contributed by atoms with van der Waals surface area (Å²) >= 11 is 0. The molecule has 0 saturated carbocycles. The molecule has 0 aliphatic rings. The van der Waals surface area contributed by atoms with E-state index in [-0.39, 0.29) is 11.6 Å². The zero-order valence-corrected chi connectivity index (χ0v) is 22.3. The maximum absolute atomic E-state index is 13.9. The van der Waals surface area contributed by atoms with Crippen molar-refractivity contribution in [2.45, 2.75) is 33.2 Å². The van der Waals surface area contributed by atoms with Crippen LogP contribution in [0, 0.1) is 6.92 Å². The maximum atomic E-state index is 13.9. The number of rotatable bonds is 10. The van der Waals surface area contributed by atoms with Gasteiger partial charge in [0.2, 0.25) is 0 Å². The van der Waals surface area contributed by atoms with Gasteiger partial charge in [-0.3, -0.25) is 9.36 Å². The molecule has 4 rings (SSSR count). The van der Waals surface area contributed by atoms with E-state index >= 15 is 0 Å². The molecule has 4 aromatic rings. The molecule has 0 aliphatic heterocycles. The lowest BCUT2D eigenvalue weighted by molar-refractivity contribution is 0.131. The number of anilines is 1. The van der Waals surface area contributed by atoms with Gasteiger partial charge in [0.15, 0.2) is 0 Å². The number of benzene rings is 3. The number of aryl methyl sites for hydroxylation is 1. The van der Waals surface area contributed by atoms with Gasteiger partial charge in [-0.1, -0.05) is 36.8 Å². The molecule has 0 aliphatic carbocycles. The van der Waals surface area contributed by atoms with Gasteiger partial charge in [0, 0.05) is 19.3 Å². The van der Waals surface area contributed by atoms with Crippen LogP contribution in [0.15, 0.2) is 77.6 Å². The van der Waals surface area contributed by atoms with Crippen molar-refractivity contribution in [3.05, 3.63) is 94.5 Å². The van der Waals surface area contributed by atoms with Gasteiger partial charge >= 0.3 is 6.03 Å². The second-order valence-corrected chi connectivity index (χ2v) is 8.96. The Bertz CT molecular complexity index is 1430. The lowest BCUT2D eigenvalue weighted by atomic mass is 10.1. The zero-order chi connectivity index (χ0) is 27.1. The van der Waals surface area contributed by atoms with Gasteiger partial charge in [-0.05, 0) is 68.8 Å². The number of amides is 2. The van der Waals surface area contributed by atoms with Crippen LogP contribution in [-0.4, -0.2) is 47.4 Å². The van der Waals surface area contributed by atoms with Crippen molar-refractivity contribution < 1.29 is 14.3 Å². The number of aromatic nitrogens is 2. The molecule has 3 aromatic carbocycles. The van der Waals surface area contributed by atoms with E-state index in [9.17, 15) is 9.59 Å². The van der Waals surface area contributed by atoms with E-state index in [1.807, 2.05) is 87.5 Å². The standard InChI is InChI=1S/C30H34N4O4/c1-5-27(33(19-20-37-4)30(36)31-22-13-11-21(3)12-14-22)28-32-26-10-8-7-9-25(26)29(35)34(28)23-15-17-24(18-16-23)38-6-2/h7-18,27H,5-6,19-20H2,1-4H3,(H,31,36). The number of para-hydroxylation sites is 1. The Labute approximate surface area is 222 Å². The Balaban J connectivity index is 1.84. The lowest BCUT2D eigenvalue weighted by Gasteiger charge is -2.32. The first kappa shape index (κ1) is 26.9. The SMILES string of the molecule is CCOc1ccc(-n2c(C(CC)N(CCOC)C(=O)Nc3ccc(C)cc3)nc3ccccc3c2=O)cc1. The number of methoxy groups -OCH3 is 1. The molecule has 38 heavy (non-hydrogen) atoms. The number of hydrogen-bond donors (Lipinski definition) is 1. The smallest absolute Gasteiger partial charge is 0.322 e. The van der Waals surface area contributed by atoms with Gasteiger partial charge in [-0.2, -0.15) is 0 Å². The molecule has 1 heterocycles. The summed E-state index contributed by atoms with van der Waals surface area (Å²) in [4.78, 5) is 34.1. The van der Waals surface area contributed by atoms with Crippen molar-refractivity contribution in [3.8, 4) is 11.4 Å². The molecule has 8 heteroatoms. The highest BCUT2D eigenvalue weighted by Gasteiger charge is 2.29. The van der Waals surface area contributed by atoms with E-state index in [0.717, 1.165) is 5.56 Å². The van der Waals surface area contributed by atoms with Crippen molar-refractivity contribution in [2.24, 2.45) is 0 Å². The molecule has 1 aromatic heterocycles. The van der Waals surface area contributed by atoms with E-state index in [1.54, 1.807) is 22.6 Å². The first-order valence-electron chi connectivity index (χ1n) is 12.8. The molecule has 1 atom stereocenters. The van der Waals surface area contributed by atoms with Crippen LogP contribution < -0.4 is 15.6 Å². The summed E-state index contributed by atoms with van der Waals surface area (Å²) < 4.78 is 12.5. The van der Waals surface area contributed by atoms with Gasteiger partial charge < -0.3 is 19.7 Å². The minimum absolute atomic E-state index is 0.196. The number of ether oxygens (including phenoxy) is 2. The van der Waals surface area contributed by atoms with E-state index in [4.69, 9.17) is 14.5 Å². The van der Waals surface area contributed by atoms with Crippen LogP contribution >= 0.6 is 0 Å².